The molecule has 0 aromatic heterocycles. The van der Waals surface area contributed by atoms with Crippen molar-refractivity contribution >= 4 is 22.7 Å². The summed E-state index contributed by atoms with van der Waals surface area (Å²) in [6.45, 7) is 1.26. The van der Waals surface area contributed by atoms with E-state index in [1.165, 1.54) is 20.1 Å². The van der Waals surface area contributed by atoms with Crippen LogP contribution in [0.5, 0.6) is 5.75 Å². The second-order valence-electron chi connectivity index (χ2n) is 2.69. The van der Waals surface area contributed by atoms with Crippen LogP contribution in [0.1, 0.15) is 6.92 Å². The first-order valence-electron chi connectivity index (χ1n) is 4.06. The summed E-state index contributed by atoms with van der Waals surface area (Å²) in [5, 5.41) is 10.9. The van der Waals surface area contributed by atoms with E-state index in [4.69, 9.17) is 9.29 Å². The van der Waals surface area contributed by atoms with Crippen LogP contribution in [0.4, 0.5) is 5.69 Å². The van der Waals surface area contributed by atoms with E-state index in [2.05, 4.69) is 4.99 Å². The van der Waals surface area contributed by atoms with Gasteiger partial charge < -0.3 is 14.4 Å². The van der Waals surface area contributed by atoms with Crippen LogP contribution in [0.25, 0.3) is 0 Å². The average molecular weight is 251 g/mol. The van der Waals surface area contributed by atoms with E-state index in [1.807, 2.05) is 0 Å². The molecule has 0 aliphatic heterocycles. The van der Waals surface area contributed by atoms with Crippen LogP contribution in [0.2, 0.25) is 0 Å². The molecular weight excluding hydrogens is 241 g/mol. The Hall–Kier alpha value is -0.400. The topological polar surface area (TPSA) is 82.0 Å². The number of para-hydroxylation sites is 1. The van der Waals surface area contributed by atoms with Crippen LogP contribution in [0.15, 0.2) is 28.1 Å². The second kappa shape index (κ2) is 7.03. The van der Waals surface area contributed by atoms with Gasteiger partial charge in [-0.25, -0.2) is 4.21 Å². The Morgan fingerprint density at radius 2 is 2.19 bits per heavy atom. The van der Waals surface area contributed by atoms with Crippen molar-refractivity contribution in [3.8, 4) is 5.75 Å². The van der Waals surface area contributed by atoms with E-state index in [0.29, 0.717) is 5.75 Å². The molecule has 0 spiro atoms. The molecule has 1 aromatic rings. The first-order chi connectivity index (χ1) is 7.06. The molecule has 1 atom stereocenters. The molecule has 7 heteroatoms. The molecule has 0 radical (unpaired) electrons. The van der Waals surface area contributed by atoms with E-state index < -0.39 is 17.0 Å². The molecular formula is C9H10NNaO4S. The zero-order valence-corrected chi connectivity index (χ0v) is 12.1. The van der Waals surface area contributed by atoms with Gasteiger partial charge in [0.15, 0.2) is 11.1 Å². The van der Waals surface area contributed by atoms with Crippen LogP contribution in [-0.4, -0.2) is 21.8 Å². The Kier molecular flexibility index (Phi) is 6.85. The van der Waals surface area contributed by atoms with Crippen molar-refractivity contribution in [1.82, 2.24) is 0 Å². The third kappa shape index (κ3) is 3.88. The number of hydrogen-bond donors (Lipinski definition) is 1. The number of aliphatic imine (C=N–C) groups is 1. The van der Waals surface area contributed by atoms with Crippen LogP contribution in [-0.2, 0) is 11.1 Å². The third-order valence-corrected chi connectivity index (χ3v) is 2.34. The van der Waals surface area contributed by atoms with Gasteiger partial charge in [-0.05, 0) is 25.0 Å². The van der Waals surface area contributed by atoms with Gasteiger partial charge in [0.1, 0.15) is 11.4 Å². The maximum atomic E-state index is 11.0. The van der Waals surface area contributed by atoms with Gasteiger partial charge in [-0.3, -0.25) is 4.99 Å². The zero-order chi connectivity index (χ0) is 11.4. The number of nitrogens with zero attached hydrogens (tertiary/aromatic N) is 1. The molecule has 1 N–H and O–H groups in total. The van der Waals surface area contributed by atoms with Gasteiger partial charge in [-0.1, -0.05) is 6.07 Å². The Bertz CT molecular complexity index is 418. The van der Waals surface area contributed by atoms with E-state index in [-0.39, 0.29) is 40.1 Å². The summed E-state index contributed by atoms with van der Waals surface area (Å²) >= 11 is -2.19. The van der Waals surface area contributed by atoms with Gasteiger partial charge >= 0.3 is 29.6 Å². The number of benzene rings is 1. The molecule has 1 rings (SSSR count). The minimum Gasteiger partial charge on any atom is -0.862 e. The zero-order valence-electron chi connectivity index (χ0n) is 9.26. The summed E-state index contributed by atoms with van der Waals surface area (Å²) < 4.78 is 24.9. The molecule has 16 heavy (non-hydrogen) atoms. The number of hydrogen-bond acceptors (Lipinski definition) is 4. The van der Waals surface area contributed by atoms with Crippen LogP contribution in [0, 0.1) is 0 Å². The van der Waals surface area contributed by atoms with Crippen LogP contribution < -0.4 is 39.4 Å². The van der Waals surface area contributed by atoms with Gasteiger partial charge in [0.25, 0.3) is 0 Å². The average Bonchev–Trinajstić information content (AvgIpc) is 2.16. The Morgan fingerprint density at radius 3 is 2.62 bits per heavy atom. The fraction of sp³-hybridized carbons (Fsp3) is 0.222. The molecule has 0 aliphatic rings. The molecule has 0 saturated heterocycles. The predicted octanol–water partition coefficient (Wildman–Crippen LogP) is -2.31. The van der Waals surface area contributed by atoms with Crippen LogP contribution >= 0.6 is 0 Å². The van der Waals surface area contributed by atoms with E-state index in [1.54, 1.807) is 12.1 Å². The Labute approximate surface area is 118 Å². The number of ether oxygens (including phenoxy) is 1. The summed E-state index contributed by atoms with van der Waals surface area (Å²) in [5.74, 6) is -0.156. The van der Waals surface area contributed by atoms with Crippen molar-refractivity contribution < 1.29 is 48.2 Å². The number of methoxy groups -OCH3 is 1. The molecule has 1 unspecified atom stereocenters. The van der Waals surface area contributed by atoms with Gasteiger partial charge in [-0.15, -0.1) is 0 Å². The van der Waals surface area contributed by atoms with Gasteiger partial charge in [0, 0.05) is 0 Å². The molecule has 1 aromatic carbocycles. The quantitative estimate of drug-likeness (QED) is 0.283. The smallest absolute Gasteiger partial charge is 0.862 e. The minimum atomic E-state index is -2.19. The number of rotatable bonds is 3. The monoisotopic (exact) mass is 251 g/mol. The molecule has 5 nitrogen and oxygen atoms in total. The maximum Gasteiger partial charge on any atom is 1.00 e. The van der Waals surface area contributed by atoms with Crippen molar-refractivity contribution in [3.63, 3.8) is 0 Å². The van der Waals surface area contributed by atoms with E-state index >= 15 is 0 Å². The summed E-state index contributed by atoms with van der Waals surface area (Å²) in [6, 6.07) is 4.54. The first kappa shape index (κ1) is 15.6. The molecule has 0 bridgehead atoms. The van der Waals surface area contributed by atoms with E-state index in [0.717, 1.165) is 0 Å². The van der Waals surface area contributed by atoms with Crippen molar-refractivity contribution in [2.75, 3.05) is 7.11 Å². The molecule has 0 heterocycles. The van der Waals surface area contributed by atoms with Gasteiger partial charge in [0.2, 0.25) is 0 Å². The Balaban J connectivity index is 0.00000225. The predicted molar refractivity (Wildman–Crippen MR) is 54.8 cm³/mol. The van der Waals surface area contributed by atoms with Crippen molar-refractivity contribution in [3.05, 3.63) is 18.2 Å². The summed E-state index contributed by atoms with van der Waals surface area (Å²) in [6.07, 6.45) is 0. The normalized spacial score (nSPS) is 12.8. The summed E-state index contributed by atoms with van der Waals surface area (Å²) in [4.78, 5) is 3.69. The van der Waals surface area contributed by atoms with Gasteiger partial charge in [-0.2, -0.15) is 0 Å². The largest absolute Gasteiger partial charge is 1.00 e. The Morgan fingerprint density at radius 1 is 1.56 bits per heavy atom. The molecule has 0 saturated carbocycles. The first-order valence-corrected chi connectivity index (χ1v) is 5.17. The standard InChI is InChI=1S/C9H11NO4S.Na/c1-6(11)10-9-7(14-2)4-3-5-8(9)15(12)13;/h3-5H,1-2H3,(H,10,11)(H,12,13);/q;+1/p-1. The van der Waals surface area contributed by atoms with E-state index in [9.17, 15) is 9.32 Å². The van der Waals surface area contributed by atoms with Crippen molar-refractivity contribution in [1.29, 1.82) is 0 Å². The summed E-state index contributed by atoms with van der Waals surface area (Å²) in [5.41, 5.74) is 0.105. The molecule has 0 amide bonds. The van der Waals surface area contributed by atoms with Gasteiger partial charge in [0.05, 0.1) is 12.0 Å². The fourth-order valence-electron chi connectivity index (χ4n) is 1.08. The van der Waals surface area contributed by atoms with Crippen molar-refractivity contribution in [2.24, 2.45) is 4.99 Å². The third-order valence-electron chi connectivity index (χ3n) is 1.64. The second-order valence-corrected chi connectivity index (χ2v) is 3.63. The minimum absolute atomic E-state index is 0. The maximum absolute atomic E-state index is 11.0. The summed E-state index contributed by atoms with van der Waals surface area (Å²) in [7, 11) is 1.40. The molecule has 0 aliphatic carbocycles. The molecule has 0 fully saturated rings. The fourth-order valence-corrected chi connectivity index (χ4v) is 1.58. The van der Waals surface area contributed by atoms with Crippen molar-refractivity contribution in [2.45, 2.75) is 11.8 Å². The SMILES string of the molecule is COc1cccc(S(=O)O)c1N=C(C)[O-].[Na+]. The van der Waals surface area contributed by atoms with Crippen LogP contribution in [0.3, 0.4) is 0 Å². The molecule has 82 valence electrons.